The van der Waals surface area contributed by atoms with E-state index in [0.717, 1.165) is 10.6 Å². The van der Waals surface area contributed by atoms with E-state index < -0.39 is 0 Å². The van der Waals surface area contributed by atoms with E-state index in [4.69, 9.17) is 0 Å². The van der Waals surface area contributed by atoms with Crippen LogP contribution in [0.4, 0.5) is 0 Å². The first-order valence-corrected chi connectivity index (χ1v) is 3.53. The Labute approximate surface area is 46.9 Å². The zero-order valence-corrected chi connectivity index (χ0v) is 5.85. The molecular weight excluding hydrogens is 103 g/mol. The molecule has 0 bridgehead atoms. The average Bonchev–Trinajstić information content (AvgIpc) is 1.89. The lowest BCUT2D eigenvalue weighted by atomic mass is 9.86. The van der Waals surface area contributed by atoms with Gasteiger partial charge >= 0.3 is 0 Å². The van der Waals surface area contributed by atoms with Crippen LogP contribution in [0.2, 0.25) is 0 Å². The molecule has 0 amide bonds. The highest BCUT2D eigenvalue weighted by atomic mass is 31.0. The monoisotopic (exact) mass is 114 g/mol. The van der Waals surface area contributed by atoms with Gasteiger partial charge in [0.2, 0.25) is 0 Å². The van der Waals surface area contributed by atoms with Crippen LogP contribution in [0.5, 0.6) is 0 Å². The molecule has 0 aliphatic heterocycles. The van der Waals surface area contributed by atoms with E-state index in [2.05, 4.69) is 16.2 Å². The van der Waals surface area contributed by atoms with E-state index in [-0.39, 0.29) is 0 Å². The number of hydrogen-bond acceptors (Lipinski definition) is 0. The van der Waals surface area contributed by atoms with Gasteiger partial charge in [0.25, 0.3) is 0 Å². The second kappa shape index (κ2) is 0.796. The Morgan fingerprint density at radius 3 is 2.00 bits per heavy atom. The second-order valence-corrected chi connectivity index (χ2v) is 4.50. The maximum atomic E-state index is 2.98. The molecule has 2 rings (SSSR count). The van der Waals surface area contributed by atoms with Gasteiger partial charge in [0.05, 0.1) is 0 Å². The minimum atomic E-state index is 0.743. The summed E-state index contributed by atoms with van der Waals surface area (Å²) in [5.74, 6) is 0. The van der Waals surface area contributed by atoms with E-state index in [1.165, 1.54) is 19.3 Å². The molecule has 0 aromatic rings. The molecular formula is C6H11P. The molecule has 2 aliphatic carbocycles. The topological polar surface area (TPSA) is 0 Å². The summed E-state index contributed by atoms with van der Waals surface area (Å²) >= 11 is 0. The van der Waals surface area contributed by atoms with Crippen LogP contribution in [-0.4, -0.2) is 5.16 Å². The molecule has 0 N–H and O–H groups in total. The predicted octanol–water partition coefficient (Wildman–Crippen LogP) is 1.80. The Balaban J connectivity index is 2.26. The summed E-state index contributed by atoms with van der Waals surface area (Å²) in [4.78, 5) is 0. The molecule has 2 aliphatic rings. The predicted molar refractivity (Wildman–Crippen MR) is 34.4 cm³/mol. The molecule has 0 aromatic heterocycles. The minimum Gasteiger partial charge on any atom is -0.131 e. The molecule has 0 aromatic carbocycles. The van der Waals surface area contributed by atoms with Gasteiger partial charge in [0.15, 0.2) is 0 Å². The normalized spacial score (nSPS) is 66.0. The fourth-order valence-electron chi connectivity index (χ4n) is 1.70. The third-order valence-electron chi connectivity index (χ3n) is 2.91. The van der Waals surface area contributed by atoms with Gasteiger partial charge in [-0.2, -0.15) is 0 Å². The van der Waals surface area contributed by atoms with E-state index >= 15 is 0 Å². The number of rotatable bonds is 0. The van der Waals surface area contributed by atoms with E-state index in [0.29, 0.717) is 0 Å². The molecule has 0 nitrogen and oxygen atoms in total. The highest BCUT2D eigenvalue weighted by molar-refractivity contribution is 7.20. The minimum absolute atomic E-state index is 0.743. The van der Waals surface area contributed by atoms with Crippen molar-refractivity contribution >= 4 is 9.24 Å². The summed E-state index contributed by atoms with van der Waals surface area (Å²) in [7, 11) is 2.98. The Hall–Kier alpha value is 0.430. The molecule has 0 heterocycles. The highest BCUT2D eigenvalue weighted by Crippen LogP contribution is 2.75. The Bertz CT molecular complexity index is 107. The standard InChI is InChI=1S/C6H11P/c1-5-2-3-6(5,7)4-5/h2-4,7H2,1H3. The van der Waals surface area contributed by atoms with Gasteiger partial charge in [-0.3, -0.25) is 0 Å². The Morgan fingerprint density at radius 1 is 1.43 bits per heavy atom. The fourth-order valence-corrected chi connectivity index (χ4v) is 2.44. The van der Waals surface area contributed by atoms with Crippen molar-refractivity contribution in [1.29, 1.82) is 0 Å². The Kier molecular flexibility index (Phi) is 0.492. The maximum Gasteiger partial charge on any atom is -0.00905 e. The molecule has 0 spiro atoms. The van der Waals surface area contributed by atoms with Crippen molar-refractivity contribution < 1.29 is 0 Å². The van der Waals surface area contributed by atoms with Crippen molar-refractivity contribution in [2.75, 3.05) is 0 Å². The van der Waals surface area contributed by atoms with Gasteiger partial charge < -0.3 is 0 Å². The quantitative estimate of drug-likeness (QED) is 0.421. The van der Waals surface area contributed by atoms with Crippen LogP contribution in [0.25, 0.3) is 0 Å². The third kappa shape index (κ3) is 0.302. The van der Waals surface area contributed by atoms with E-state index in [1.807, 2.05) is 0 Å². The Morgan fingerprint density at radius 2 is 2.00 bits per heavy atom. The van der Waals surface area contributed by atoms with Crippen molar-refractivity contribution in [3.8, 4) is 0 Å². The molecule has 2 saturated carbocycles. The van der Waals surface area contributed by atoms with Crippen molar-refractivity contribution in [2.24, 2.45) is 5.41 Å². The van der Waals surface area contributed by atoms with Crippen molar-refractivity contribution in [1.82, 2.24) is 0 Å². The van der Waals surface area contributed by atoms with Gasteiger partial charge in [0, 0.05) is 0 Å². The molecule has 2 fully saturated rings. The molecule has 0 radical (unpaired) electrons. The molecule has 3 atom stereocenters. The lowest BCUT2D eigenvalue weighted by molar-refractivity contribution is 0.352. The summed E-state index contributed by atoms with van der Waals surface area (Å²) in [6.07, 6.45) is 4.43. The lowest BCUT2D eigenvalue weighted by Crippen LogP contribution is -2.21. The van der Waals surface area contributed by atoms with E-state index in [9.17, 15) is 0 Å². The van der Waals surface area contributed by atoms with Gasteiger partial charge in [-0.15, -0.1) is 9.24 Å². The first kappa shape index (κ1) is 4.32. The first-order chi connectivity index (χ1) is 3.16. The second-order valence-electron chi connectivity index (χ2n) is 3.39. The average molecular weight is 114 g/mol. The highest BCUT2D eigenvalue weighted by Gasteiger charge is 2.67. The SMILES string of the molecule is CC12CCC1(P)C2. The van der Waals surface area contributed by atoms with Crippen LogP contribution in [0.3, 0.4) is 0 Å². The van der Waals surface area contributed by atoms with Crippen LogP contribution >= 0.6 is 9.24 Å². The summed E-state index contributed by atoms with van der Waals surface area (Å²) in [5.41, 5.74) is 0.789. The van der Waals surface area contributed by atoms with Gasteiger partial charge in [-0.05, 0) is 29.8 Å². The summed E-state index contributed by atoms with van der Waals surface area (Å²) in [6, 6.07) is 0. The smallest absolute Gasteiger partial charge is 0.00905 e. The van der Waals surface area contributed by atoms with Crippen LogP contribution in [0.1, 0.15) is 26.2 Å². The molecule has 0 saturated heterocycles. The number of fused-ring (bicyclic) bond motifs is 1. The molecule has 40 valence electrons. The van der Waals surface area contributed by atoms with Crippen LogP contribution in [-0.2, 0) is 0 Å². The van der Waals surface area contributed by atoms with Crippen molar-refractivity contribution in [3.63, 3.8) is 0 Å². The van der Waals surface area contributed by atoms with E-state index in [1.54, 1.807) is 0 Å². The third-order valence-corrected chi connectivity index (χ3v) is 4.10. The molecule has 3 unspecified atom stereocenters. The fraction of sp³-hybridized carbons (Fsp3) is 1.00. The molecule has 1 heteroatoms. The van der Waals surface area contributed by atoms with Gasteiger partial charge in [0.1, 0.15) is 0 Å². The first-order valence-electron chi connectivity index (χ1n) is 2.95. The summed E-state index contributed by atoms with van der Waals surface area (Å²) in [5, 5.41) is 0.743. The van der Waals surface area contributed by atoms with Gasteiger partial charge in [-0.25, -0.2) is 0 Å². The van der Waals surface area contributed by atoms with Crippen LogP contribution < -0.4 is 0 Å². The lowest BCUT2D eigenvalue weighted by Gasteiger charge is -2.28. The largest absolute Gasteiger partial charge is 0.131 e. The van der Waals surface area contributed by atoms with Gasteiger partial charge in [-0.1, -0.05) is 6.92 Å². The number of hydrogen-bond donors (Lipinski definition) is 0. The maximum absolute atomic E-state index is 2.98. The van der Waals surface area contributed by atoms with Crippen molar-refractivity contribution in [2.45, 2.75) is 31.3 Å². The summed E-state index contributed by atoms with van der Waals surface area (Å²) < 4.78 is 0. The zero-order chi connectivity index (χ0) is 5.12. The summed E-state index contributed by atoms with van der Waals surface area (Å²) in [6.45, 7) is 2.39. The molecule has 7 heavy (non-hydrogen) atoms. The van der Waals surface area contributed by atoms with Crippen LogP contribution in [0.15, 0.2) is 0 Å². The van der Waals surface area contributed by atoms with Crippen LogP contribution in [0, 0.1) is 5.41 Å². The zero-order valence-electron chi connectivity index (χ0n) is 4.70. The van der Waals surface area contributed by atoms with Crippen molar-refractivity contribution in [3.05, 3.63) is 0 Å².